The van der Waals surface area contributed by atoms with E-state index in [1.54, 1.807) is 12.2 Å². The first kappa shape index (κ1) is 15.1. The van der Waals surface area contributed by atoms with E-state index in [1.807, 2.05) is 41.5 Å². The largest absolute Gasteiger partial charge is 0.299 e. The Labute approximate surface area is 99.1 Å². The number of carbonyl (C=O) groups is 2. The molecule has 0 fully saturated rings. The van der Waals surface area contributed by atoms with Crippen LogP contribution >= 0.6 is 0 Å². The van der Waals surface area contributed by atoms with Crippen molar-refractivity contribution < 1.29 is 9.59 Å². The third-order valence-corrected chi connectivity index (χ3v) is 2.45. The fourth-order valence-corrected chi connectivity index (χ4v) is 0.993. The number of Topliss-reactive ketones (excluding diaryl/α,β-unsaturated/α-hetero) is 2. The highest BCUT2D eigenvalue weighted by Gasteiger charge is 2.20. The lowest BCUT2D eigenvalue weighted by Crippen LogP contribution is -2.19. The maximum absolute atomic E-state index is 11.6. The minimum Gasteiger partial charge on any atom is -0.299 e. The van der Waals surface area contributed by atoms with Crippen LogP contribution in [0.5, 0.6) is 0 Å². The molecular formula is C14H24O2. The molecule has 0 amide bonds. The highest BCUT2D eigenvalue weighted by atomic mass is 16.1. The van der Waals surface area contributed by atoms with E-state index in [9.17, 15) is 9.59 Å². The minimum atomic E-state index is -0.293. The average molecular weight is 224 g/mol. The molecule has 0 N–H and O–H groups in total. The van der Waals surface area contributed by atoms with E-state index in [1.165, 1.54) is 0 Å². The van der Waals surface area contributed by atoms with Crippen molar-refractivity contribution in [1.82, 2.24) is 0 Å². The van der Waals surface area contributed by atoms with Crippen LogP contribution in [-0.4, -0.2) is 11.6 Å². The minimum absolute atomic E-state index is 0.201. The van der Waals surface area contributed by atoms with E-state index < -0.39 is 0 Å². The molecule has 16 heavy (non-hydrogen) atoms. The summed E-state index contributed by atoms with van der Waals surface area (Å²) in [7, 11) is 0. The van der Waals surface area contributed by atoms with E-state index in [-0.39, 0.29) is 22.4 Å². The zero-order valence-corrected chi connectivity index (χ0v) is 11.4. The Bertz CT molecular complexity index is 255. The second kappa shape index (κ2) is 5.42. The van der Waals surface area contributed by atoms with Crippen LogP contribution in [0.1, 0.15) is 54.4 Å². The first-order valence-electron chi connectivity index (χ1n) is 5.77. The molecule has 2 nitrogen and oxygen atoms in total. The van der Waals surface area contributed by atoms with Crippen molar-refractivity contribution in [3.63, 3.8) is 0 Å². The van der Waals surface area contributed by atoms with Gasteiger partial charge in [-0.05, 0) is 0 Å². The van der Waals surface area contributed by atoms with Crippen LogP contribution in [-0.2, 0) is 9.59 Å². The summed E-state index contributed by atoms with van der Waals surface area (Å²) in [5.74, 6) is 0.402. The maximum Gasteiger partial charge on any atom is 0.141 e. The second-order valence-corrected chi connectivity index (χ2v) is 6.23. The third-order valence-electron chi connectivity index (χ3n) is 2.45. The number of allylic oxidation sites excluding steroid dienone is 2. The molecule has 0 aromatic rings. The molecule has 0 spiro atoms. The van der Waals surface area contributed by atoms with E-state index in [0.29, 0.717) is 12.8 Å². The first-order chi connectivity index (χ1) is 7.05. The SMILES string of the molecule is CC(C)(C)C(=O)C/C=C\CC(=O)C(C)(C)C. The molecule has 2 heteroatoms. The number of hydrogen-bond acceptors (Lipinski definition) is 2. The Morgan fingerprint density at radius 2 is 1.00 bits per heavy atom. The molecular weight excluding hydrogens is 200 g/mol. The lowest BCUT2D eigenvalue weighted by molar-refractivity contribution is -0.126. The van der Waals surface area contributed by atoms with Crippen LogP contribution in [0, 0.1) is 10.8 Å². The predicted octanol–water partition coefficient (Wildman–Crippen LogP) is 3.55. The van der Waals surface area contributed by atoms with Crippen molar-refractivity contribution >= 4 is 11.6 Å². The Morgan fingerprint density at radius 3 is 1.19 bits per heavy atom. The van der Waals surface area contributed by atoms with Crippen molar-refractivity contribution in [2.24, 2.45) is 10.8 Å². The molecule has 0 aromatic heterocycles. The summed E-state index contributed by atoms with van der Waals surface area (Å²) in [5.41, 5.74) is -0.587. The normalized spacial score (nSPS) is 13.1. The van der Waals surface area contributed by atoms with Gasteiger partial charge in [-0.2, -0.15) is 0 Å². The van der Waals surface area contributed by atoms with Crippen molar-refractivity contribution in [1.29, 1.82) is 0 Å². The average Bonchev–Trinajstić information content (AvgIpc) is 2.08. The Hall–Kier alpha value is -0.920. The topological polar surface area (TPSA) is 34.1 Å². The lowest BCUT2D eigenvalue weighted by Gasteiger charge is -2.15. The monoisotopic (exact) mass is 224 g/mol. The molecule has 0 aliphatic carbocycles. The smallest absolute Gasteiger partial charge is 0.141 e. The van der Waals surface area contributed by atoms with Crippen LogP contribution in [0.2, 0.25) is 0 Å². The molecule has 0 aliphatic rings. The van der Waals surface area contributed by atoms with Crippen LogP contribution in [0.15, 0.2) is 12.2 Å². The molecule has 0 radical (unpaired) electrons. The first-order valence-corrected chi connectivity index (χ1v) is 5.77. The summed E-state index contributed by atoms with van der Waals surface area (Å²) in [6.07, 6.45) is 4.44. The van der Waals surface area contributed by atoms with E-state index in [2.05, 4.69) is 0 Å². The molecule has 0 heterocycles. The van der Waals surface area contributed by atoms with Crippen molar-refractivity contribution in [2.75, 3.05) is 0 Å². The zero-order valence-electron chi connectivity index (χ0n) is 11.4. The van der Waals surface area contributed by atoms with Gasteiger partial charge in [-0.15, -0.1) is 0 Å². The number of ketones is 2. The molecule has 0 aromatic carbocycles. The molecule has 92 valence electrons. The number of rotatable bonds is 4. The summed E-state index contributed by atoms with van der Waals surface area (Å²) in [5, 5.41) is 0. The van der Waals surface area contributed by atoms with Gasteiger partial charge < -0.3 is 0 Å². The van der Waals surface area contributed by atoms with E-state index in [0.717, 1.165) is 0 Å². The number of hydrogen-bond donors (Lipinski definition) is 0. The van der Waals surface area contributed by atoms with Gasteiger partial charge in [0.1, 0.15) is 11.6 Å². The van der Waals surface area contributed by atoms with Gasteiger partial charge in [0.2, 0.25) is 0 Å². The summed E-state index contributed by atoms with van der Waals surface area (Å²) in [4.78, 5) is 23.1. The summed E-state index contributed by atoms with van der Waals surface area (Å²) in [6, 6.07) is 0. The van der Waals surface area contributed by atoms with E-state index >= 15 is 0 Å². The van der Waals surface area contributed by atoms with Crippen LogP contribution in [0.3, 0.4) is 0 Å². The molecule has 0 saturated heterocycles. The van der Waals surface area contributed by atoms with Gasteiger partial charge in [0.15, 0.2) is 0 Å². The van der Waals surface area contributed by atoms with Crippen LogP contribution in [0.25, 0.3) is 0 Å². The fourth-order valence-electron chi connectivity index (χ4n) is 0.993. The Balaban J connectivity index is 4.07. The fraction of sp³-hybridized carbons (Fsp3) is 0.714. The van der Waals surface area contributed by atoms with Crippen LogP contribution < -0.4 is 0 Å². The third kappa shape index (κ3) is 5.84. The Morgan fingerprint density at radius 1 is 0.750 bits per heavy atom. The molecule has 0 saturated carbocycles. The van der Waals surface area contributed by atoms with Gasteiger partial charge in [-0.25, -0.2) is 0 Å². The molecule has 0 unspecified atom stereocenters. The summed E-state index contributed by atoms with van der Waals surface area (Å²) >= 11 is 0. The zero-order chi connectivity index (χ0) is 13.0. The molecule has 0 atom stereocenters. The van der Waals surface area contributed by atoms with Gasteiger partial charge in [0.05, 0.1) is 0 Å². The quantitative estimate of drug-likeness (QED) is 0.684. The summed E-state index contributed by atoms with van der Waals surface area (Å²) < 4.78 is 0. The predicted molar refractivity (Wildman–Crippen MR) is 67.3 cm³/mol. The van der Waals surface area contributed by atoms with Crippen molar-refractivity contribution in [3.8, 4) is 0 Å². The van der Waals surface area contributed by atoms with Gasteiger partial charge >= 0.3 is 0 Å². The van der Waals surface area contributed by atoms with E-state index in [4.69, 9.17) is 0 Å². The highest BCUT2D eigenvalue weighted by molar-refractivity contribution is 5.86. The molecule has 0 aliphatic heterocycles. The maximum atomic E-state index is 11.6. The van der Waals surface area contributed by atoms with Crippen molar-refractivity contribution in [3.05, 3.63) is 12.2 Å². The van der Waals surface area contributed by atoms with Gasteiger partial charge in [-0.1, -0.05) is 53.7 Å². The lowest BCUT2D eigenvalue weighted by atomic mass is 9.87. The molecule has 0 bridgehead atoms. The standard InChI is InChI=1S/C14H24O2/c1-13(2,3)11(15)9-7-8-10-12(16)14(4,5)6/h7-8H,9-10H2,1-6H3/b8-7-. The van der Waals surface area contributed by atoms with Crippen LogP contribution in [0.4, 0.5) is 0 Å². The van der Waals surface area contributed by atoms with Crippen molar-refractivity contribution in [2.45, 2.75) is 54.4 Å². The Kier molecular flexibility index (Phi) is 5.11. The van der Waals surface area contributed by atoms with Gasteiger partial charge in [-0.3, -0.25) is 9.59 Å². The molecule has 0 rings (SSSR count). The second-order valence-electron chi connectivity index (χ2n) is 6.23. The number of carbonyl (C=O) groups excluding carboxylic acids is 2. The highest BCUT2D eigenvalue weighted by Crippen LogP contribution is 2.18. The summed E-state index contributed by atoms with van der Waals surface area (Å²) in [6.45, 7) is 11.4. The van der Waals surface area contributed by atoms with Gasteiger partial charge in [0, 0.05) is 23.7 Å². The van der Waals surface area contributed by atoms with Gasteiger partial charge in [0.25, 0.3) is 0 Å².